The van der Waals surface area contributed by atoms with Crippen LogP contribution in [0.1, 0.15) is 12.2 Å². The second-order valence-corrected chi connectivity index (χ2v) is 5.26. The third-order valence-electron chi connectivity index (χ3n) is 2.86. The highest BCUT2D eigenvalue weighted by atomic mass is 35.5. The van der Waals surface area contributed by atoms with Crippen molar-refractivity contribution in [2.24, 2.45) is 0 Å². The summed E-state index contributed by atoms with van der Waals surface area (Å²) < 4.78 is 10.8. The second-order valence-electron chi connectivity index (χ2n) is 4.41. The maximum Gasteiger partial charge on any atom is 0.135 e. The largest absolute Gasteiger partial charge is 0.460 e. The Hall–Kier alpha value is -1.00. The predicted molar refractivity (Wildman–Crippen MR) is 82.4 cm³/mol. The minimum atomic E-state index is 0.628. The summed E-state index contributed by atoms with van der Waals surface area (Å²) >= 11 is 12.1. The molecule has 1 N–H and O–H groups in total. The van der Waals surface area contributed by atoms with Gasteiger partial charge in [-0.15, -0.1) is 0 Å². The van der Waals surface area contributed by atoms with Crippen molar-refractivity contribution in [1.82, 2.24) is 5.32 Å². The minimum Gasteiger partial charge on any atom is -0.460 e. The number of hydrogen-bond donors (Lipinski definition) is 1. The summed E-state index contributed by atoms with van der Waals surface area (Å²) in [5, 5.41) is 4.56. The SMILES string of the molecule is COCCCNCc1ccc(-c2cc(Cl)ccc2Cl)o1. The van der Waals surface area contributed by atoms with Crippen LogP contribution >= 0.6 is 23.2 Å². The average molecular weight is 314 g/mol. The molecule has 0 fully saturated rings. The van der Waals surface area contributed by atoms with E-state index in [1.807, 2.05) is 12.1 Å². The maximum absolute atomic E-state index is 6.15. The fourth-order valence-electron chi connectivity index (χ4n) is 1.86. The Bertz CT molecular complexity index is 555. The molecule has 5 heteroatoms. The van der Waals surface area contributed by atoms with Crippen LogP contribution in [0.5, 0.6) is 0 Å². The van der Waals surface area contributed by atoms with Gasteiger partial charge in [0.05, 0.1) is 11.6 Å². The molecule has 3 nitrogen and oxygen atoms in total. The topological polar surface area (TPSA) is 34.4 Å². The van der Waals surface area contributed by atoms with Crippen LogP contribution in [-0.2, 0) is 11.3 Å². The second kappa shape index (κ2) is 7.70. The van der Waals surface area contributed by atoms with E-state index in [2.05, 4.69) is 5.32 Å². The van der Waals surface area contributed by atoms with Crippen LogP contribution < -0.4 is 5.32 Å². The van der Waals surface area contributed by atoms with Gasteiger partial charge in [0, 0.05) is 24.3 Å². The molecule has 20 heavy (non-hydrogen) atoms. The van der Waals surface area contributed by atoms with Crippen molar-refractivity contribution < 1.29 is 9.15 Å². The Morgan fingerprint density at radius 3 is 2.85 bits per heavy atom. The molecule has 0 aliphatic heterocycles. The predicted octanol–water partition coefficient (Wildman–Crippen LogP) is 4.38. The van der Waals surface area contributed by atoms with Crippen molar-refractivity contribution in [3.8, 4) is 11.3 Å². The van der Waals surface area contributed by atoms with Gasteiger partial charge in [-0.1, -0.05) is 23.2 Å². The first kappa shape index (κ1) is 15.4. The Balaban J connectivity index is 1.96. The average Bonchev–Trinajstić information content (AvgIpc) is 2.90. The van der Waals surface area contributed by atoms with Gasteiger partial charge in [-0.25, -0.2) is 0 Å². The van der Waals surface area contributed by atoms with Gasteiger partial charge in [0.15, 0.2) is 0 Å². The number of methoxy groups -OCH3 is 1. The highest BCUT2D eigenvalue weighted by Gasteiger charge is 2.09. The molecule has 108 valence electrons. The van der Waals surface area contributed by atoms with E-state index in [0.717, 1.165) is 36.7 Å². The first-order valence-electron chi connectivity index (χ1n) is 6.44. The van der Waals surface area contributed by atoms with Crippen LogP contribution in [0.4, 0.5) is 0 Å². The van der Waals surface area contributed by atoms with E-state index >= 15 is 0 Å². The van der Waals surface area contributed by atoms with Crippen LogP contribution in [-0.4, -0.2) is 20.3 Å². The quantitative estimate of drug-likeness (QED) is 0.770. The van der Waals surface area contributed by atoms with Crippen molar-refractivity contribution in [1.29, 1.82) is 0 Å². The lowest BCUT2D eigenvalue weighted by Crippen LogP contribution is -2.15. The minimum absolute atomic E-state index is 0.628. The van der Waals surface area contributed by atoms with Gasteiger partial charge in [-0.2, -0.15) is 0 Å². The van der Waals surface area contributed by atoms with Gasteiger partial charge in [0.1, 0.15) is 11.5 Å². The third kappa shape index (κ3) is 4.25. The van der Waals surface area contributed by atoms with Gasteiger partial charge >= 0.3 is 0 Å². The van der Waals surface area contributed by atoms with Crippen LogP contribution in [0.3, 0.4) is 0 Å². The molecular formula is C15H17Cl2NO2. The molecule has 1 aromatic heterocycles. The van der Waals surface area contributed by atoms with E-state index in [-0.39, 0.29) is 0 Å². The zero-order valence-corrected chi connectivity index (χ0v) is 12.8. The van der Waals surface area contributed by atoms with E-state index in [1.165, 1.54) is 0 Å². The molecule has 0 radical (unpaired) electrons. The molecule has 2 aromatic rings. The number of rotatable bonds is 7. The molecule has 0 bridgehead atoms. The first-order chi connectivity index (χ1) is 9.70. The Kier molecular flexibility index (Phi) is 5.92. The van der Waals surface area contributed by atoms with Crippen LogP contribution in [0.15, 0.2) is 34.7 Å². The highest BCUT2D eigenvalue weighted by molar-refractivity contribution is 6.35. The van der Waals surface area contributed by atoms with E-state index in [1.54, 1.807) is 25.3 Å². The molecule has 0 aliphatic carbocycles. The normalized spacial score (nSPS) is 10.9. The lowest BCUT2D eigenvalue weighted by Gasteiger charge is -2.03. The fraction of sp³-hybridized carbons (Fsp3) is 0.333. The van der Waals surface area contributed by atoms with Gasteiger partial charge in [0.25, 0.3) is 0 Å². The maximum atomic E-state index is 6.15. The highest BCUT2D eigenvalue weighted by Crippen LogP contribution is 2.31. The van der Waals surface area contributed by atoms with Gasteiger partial charge in [-0.3, -0.25) is 0 Å². The molecule has 0 aliphatic rings. The number of ether oxygens (including phenoxy) is 1. The molecule has 1 heterocycles. The summed E-state index contributed by atoms with van der Waals surface area (Å²) in [6.07, 6.45) is 0.976. The molecule has 0 spiro atoms. The van der Waals surface area contributed by atoms with Gasteiger partial charge in [0.2, 0.25) is 0 Å². The van der Waals surface area contributed by atoms with Crippen molar-refractivity contribution >= 4 is 23.2 Å². The number of furan rings is 1. The summed E-state index contributed by atoms with van der Waals surface area (Å²) in [6.45, 7) is 2.33. The molecular weight excluding hydrogens is 297 g/mol. The molecule has 0 saturated heterocycles. The van der Waals surface area contributed by atoms with Crippen molar-refractivity contribution in [2.45, 2.75) is 13.0 Å². The fourth-order valence-corrected chi connectivity index (χ4v) is 2.24. The summed E-state index contributed by atoms with van der Waals surface area (Å²) in [7, 11) is 1.70. The smallest absolute Gasteiger partial charge is 0.135 e. The van der Waals surface area contributed by atoms with Crippen molar-refractivity contribution in [3.63, 3.8) is 0 Å². The van der Waals surface area contributed by atoms with Gasteiger partial charge in [-0.05, 0) is 43.3 Å². The Morgan fingerprint density at radius 1 is 1.20 bits per heavy atom. The van der Waals surface area contributed by atoms with Crippen LogP contribution in [0, 0.1) is 0 Å². The molecule has 2 rings (SSSR count). The standard InChI is InChI=1S/C15H17Cl2NO2/c1-19-8-2-7-18-10-12-4-6-15(20-12)13-9-11(16)3-5-14(13)17/h3-6,9,18H,2,7-8,10H2,1H3. The molecule has 0 unspecified atom stereocenters. The molecule has 0 saturated carbocycles. The molecule has 1 aromatic carbocycles. The monoisotopic (exact) mass is 313 g/mol. The van der Waals surface area contributed by atoms with Crippen molar-refractivity contribution in [3.05, 3.63) is 46.1 Å². The van der Waals surface area contributed by atoms with E-state index < -0.39 is 0 Å². The first-order valence-corrected chi connectivity index (χ1v) is 7.20. The number of halogens is 2. The van der Waals surface area contributed by atoms with E-state index in [9.17, 15) is 0 Å². The van der Waals surface area contributed by atoms with Crippen molar-refractivity contribution in [2.75, 3.05) is 20.3 Å². The summed E-state index contributed by atoms with van der Waals surface area (Å²) in [4.78, 5) is 0. The lowest BCUT2D eigenvalue weighted by molar-refractivity contribution is 0.194. The number of nitrogens with one attached hydrogen (secondary N) is 1. The summed E-state index contributed by atoms with van der Waals surface area (Å²) in [5.74, 6) is 1.60. The molecule has 0 atom stereocenters. The van der Waals surface area contributed by atoms with Crippen LogP contribution in [0.2, 0.25) is 10.0 Å². The Morgan fingerprint density at radius 2 is 2.05 bits per heavy atom. The van der Waals surface area contributed by atoms with Crippen LogP contribution in [0.25, 0.3) is 11.3 Å². The Labute approximate surface area is 128 Å². The third-order valence-corrected chi connectivity index (χ3v) is 3.42. The number of hydrogen-bond acceptors (Lipinski definition) is 3. The van der Waals surface area contributed by atoms with E-state index in [4.69, 9.17) is 32.4 Å². The summed E-state index contributed by atoms with van der Waals surface area (Å²) in [6, 6.07) is 9.18. The van der Waals surface area contributed by atoms with Gasteiger partial charge < -0.3 is 14.5 Å². The number of benzene rings is 1. The zero-order chi connectivity index (χ0) is 14.4. The zero-order valence-electron chi connectivity index (χ0n) is 11.3. The lowest BCUT2D eigenvalue weighted by atomic mass is 10.2. The molecule has 0 amide bonds. The van der Waals surface area contributed by atoms with E-state index in [0.29, 0.717) is 16.6 Å². The summed E-state index contributed by atoms with van der Waals surface area (Å²) in [5.41, 5.74) is 0.810.